The summed E-state index contributed by atoms with van der Waals surface area (Å²) >= 11 is 5.06. The van der Waals surface area contributed by atoms with E-state index in [0.29, 0.717) is 11.1 Å². The van der Waals surface area contributed by atoms with Gasteiger partial charge >= 0.3 is 0 Å². The van der Waals surface area contributed by atoms with Gasteiger partial charge in [-0.05, 0) is 43.2 Å². The lowest BCUT2D eigenvalue weighted by Crippen LogP contribution is -2.23. The fourth-order valence-corrected chi connectivity index (χ4v) is 4.94. The van der Waals surface area contributed by atoms with Gasteiger partial charge in [0.15, 0.2) is 0 Å². The number of amides is 1. The van der Waals surface area contributed by atoms with Crippen molar-refractivity contribution in [3.8, 4) is 11.3 Å². The summed E-state index contributed by atoms with van der Waals surface area (Å²) in [6.07, 6.45) is 2.54. The maximum atomic E-state index is 13.0. The Labute approximate surface area is 179 Å². The van der Waals surface area contributed by atoms with Crippen molar-refractivity contribution in [2.24, 2.45) is 0 Å². The third kappa shape index (κ3) is 3.20. The number of hydrogen-bond acceptors (Lipinski definition) is 4. The number of nitrogens with zero attached hydrogens (tertiary/aromatic N) is 2. The first kappa shape index (κ1) is 18.3. The van der Waals surface area contributed by atoms with Crippen LogP contribution >= 0.6 is 27.3 Å². The Balaban J connectivity index is 1.52. The van der Waals surface area contributed by atoms with Gasteiger partial charge < -0.3 is 9.88 Å². The summed E-state index contributed by atoms with van der Waals surface area (Å²) in [6, 6.07) is 11.3. The zero-order valence-corrected chi connectivity index (χ0v) is 17.9. The standard InChI is InChI=1S/C22H16BrN3O2S/c1-12-24-19(11-29-12)13-3-2-4-16(8-13)25-22(28)18-10-26-6-5-14-7-15(23)9-17(20(14)26)21(18)27/h2-4,7-11H,5-6H2,1H3,(H,25,28). The highest BCUT2D eigenvalue weighted by atomic mass is 79.9. The average molecular weight is 466 g/mol. The highest BCUT2D eigenvalue weighted by molar-refractivity contribution is 9.10. The van der Waals surface area contributed by atoms with Gasteiger partial charge in [0, 0.05) is 39.2 Å². The van der Waals surface area contributed by atoms with E-state index in [1.807, 2.05) is 47.2 Å². The Kier molecular flexibility index (Phi) is 4.37. The lowest BCUT2D eigenvalue weighted by atomic mass is 10.1. The van der Waals surface area contributed by atoms with Gasteiger partial charge in [-0.15, -0.1) is 11.3 Å². The molecule has 1 amide bonds. The number of anilines is 1. The third-order valence-electron chi connectivity index (χ3n) is 5.12. The van der Waals surface area contributed by atoms with Gasteiger partial charge in [0.1, 0.15) is 5.56 Å². The number of pyridine rings is 1. The number of carbonyl (C=O) groups excluding carboxylic acids is 1. The Morgan fingerprint density at radius 2 is 2.14 bits per heavy atom. The molecule has 0 aliphatic carbocycles. The van der Waals surface area contributed by atoms with Crippen LogP contribution in [0, 0.1) is 6.92 Å². The zero-order valence-electron chi connectivity index (χ0n) is 15.5. The largest absolute Gasteiger partial charge is 0.346 e. The number of aromatic nitrogens is 2. The number of thiazole rings is 1. The van der Waals surface area contributed by atoms with Crippen molar-refractivity contribution in [3.63, 3.8) is 0 Å². The Hall–Kier alpha value is -2.77. The molecule has 0 saturated heterocycles. The minimum atomic E-state index is -0.402. The maximum absolute atomic E-state index is 13.0. The molecular formula is C22H16BrN3O2S. The van der Waals surface area contributed by atoms with Crippen LogP contribution in [-0.4, -0.2) is 15.5 Å². The fraction of sp³-hybridized carbons (Fsp3) is 0.136. The molecule has 29 heavy (non-hydrogen) atoms. The van der Waals surface area contributed by atoms with Crippen LogP contribution in [0.1, 0.15) is 20.9 Å². The van der Waals surface area contributed by atoms with Gasteiger partial charge in [0.25, 0.3) is 5.91 Å². The van der Waals surface area contributed by atoms with Gasteiger partial charge in [-0.3, -0.25) is 9.59 Å². The monoisotopic (exact) mass is 465 g/mol. The molecule has 0 unspecified atom stereocenters. The number of hydrogen-bond donors (Lipinski definition) is 1. The van der Waals surface area contributed by atoms with E-state index < -0.39 is 5.91 Å². The predicted molar refractivity (Wildman–Crippen MR) is 120 cm³/mol. The second-order valence-electron chi connectivity index (χ2n) is 7.06. The average Bonchev–Trinajstić information content (AvgIpc) is 3.31. The summed E-state index contributed by atoms with van der Waals surface area (Å²) in [6.45, 7) is 2.72. The molecule has 5 nitrogen and oxygen atoms in total. The second kappa shape index (κ2) is 6.93. The number of nitrogens with one attached hydrogen (secondary N) is 1. The molecule has 0 fully saturated rings. The molecule has 1 N–H and O–H groups in total. The van der Waals surface area contributed by atoms with Crippen molar-refractivity contribution in [1.82, 2.24) is 9.55 Å². The van der Waals surface area contributed by atoms with Crippen LogP contribution in [0.2, 0.25) is 0 Å². The molecule has 7 heteroatoms. The predicted octanol–water partition coefficient (Wildman–Crippen LogP) is 5.00. The summed E-state index contributed by atoms with van der Waals surface area (Å²) in [5, 5.41) is 6.43. The van der Waals surface area contributed by atoms with Crippen molar-refractivity contribution >= 4 is 49.8 Å². The van der Waals surface area contributed by atoms with Crippen LogP contribution < -0.4 is 10.7 Å². The summed E-state index contributed by atoms with van der Waals surface area (Å²) in [5.41, 5.74) is 4.40. The molecule has 0 atom stereocenters. The first-order chi connectivity index (χ1) is 14.0. The lowest BCUT2D eigenvalue weighted by Gasteiger charge is -2.10. The molecule has 1 aliphatic heterocycles. The van der Waals surface area contributed by atoms with Gasteiger partial charge in [0.05, 0.1) is 16.2 Å². The molecule has 1 aliphatic rings. The number of rotatable bonds is 3. The van der Waals surface area contributed by atoms with E-state index in [4.69, 9.17) is 0 Å². The fourth-order valence-electron chi connectivity index (χ4n) is 3.81. The molecule has 3 heterocycles. The van der Waals surface area contributed by atoms with Crippen molar-refractivity contribution in [3.05, 3.63) is 78.8 Å². The van der Waals surface area contributed by atoms with Crippen LogP contribution in [0.4, 0.5) is 5.69 Å². The minimum Gasteiger partial charge on any atom is -0.346 e. The van der Waals surface area contributed by atoms with E-state index in [2.05, 4.69) is 26.2 Å². The molecule has 0 spiro atoms. The lowest BCUT2D eigenvalue weighted by molar-refractivity contribution is 0.102. The second-order valence-corrected chi connectivity index (χ2v) is 9.04. The van der Waals surface area contributed by atoms with E-state index in [9.17, 15) is 9.59 Å². The normalized spacial score (nSPS) is 12.5. The maximum Gasteiger partial charge on any atom is 0.261 e. The number of benzene rings is 2. The topological polar surface area (TPSA) is 64.0 Å². The van der Waals surface area contributed by atoms with Crippen molar-refractivity contribution in [2.45, 2.75) is 19.9 Å². The quantitative estimate of drug-likeness (QED) is 0.462. The molecule has 0 bridgehead atoms. The van der Waals surface area contributed by atoms with Crippen LogP contribution in [0.25, 0.3) is 22.2 Å². The number of aryl methyl sites for hydroxylation is 3. The van der Waals surface area contributed by atoms with Gasteiger partial charge in [-0.2, -0.15) is 0 Å². The molecule has 0 saturated carbocycles. The Morgan fingerprint density at radius 3 is 2.93 bits per heavy atom. The molecule has 144 valence electrons. The third-order valence-corrected chi connectivity index (χ3v) is 6.35. The van der Waals surface area contributed by atoms with Crippen molar-refractivity contribution in [1.29, 1.82) is 0 Å². The van der Waals surface area contributed by atoms with Gasteiger partial charge in [-0.25, -0.2) is 4.98 Å². The first-order valence-corrected chi connectivity index (χ1v) is 10.9. The van der Waals surface area contributed by atoms with E-state index in [1.54, 1.807) is 23.6 Å². The molecule has 5 rings (SSSR count). The van der Waals surface area contributed by atoms with E-state index in [1.165, 1.54) is 0 Å². The number of halogens is 1. The summed E-state index contributed by atoms with van der Waals surface area (Å²) in [4.78, 5) is 30.5. The zero-order chi connectivity index (χ0) is 20.1. The van der Waals surface area contributed by atoms with Gasteiger partial charge in [0.2, 0.25) is 5.43 Å². The van der Waals surface area contributed by atoms with E-state index >= 15 is 0 Å². The molecule has 2 aromatic carbocycles. The smallest absolute Gasteiger partial charge is 0.261 e. The van der Waals surface area contributed by atoms with E-state index in [-0.39, 0.29) is 11.0 Å². The summed E-state index contributed by atoms with van der Waals surface area (Å²) in [7, 11) is 0. The van der Waals surface area contributed by atoms with Crippen LogP contribution in [-0.2, 0) is 13.0 Å². The molecule has 2 aromatic heterocycles. The summed E-state index contributed by atoms with van der Waals surface area (Å²) < 4.78 is 2.86. The Morgan fingerprint density at radius 1 is 1.28 bits per heavy atom. The molecule has 4 aromatic rings. The number of carbonyl (C=O) groups is 1. The minimum absolute atomic E-state index is 0.151. The van der Waals surface area contributed by atoms with Crippen LogP contribution in [0.3, 0.4) is 0 Å². The van der Waals surface area contributed by atoms with Crippen molar-refractivity contribution < 1.29 is 4.79 Å². The van der Waals surface area contributed by atoms with Crippen molar-refractivity contribution in [2.75, 3.05) is 5.32 Å². The van der Waals surface area contributed by atoms with Crippen LogP contribution in [0.15, 0.2) is 57.2 Å². The highest BCUT2D eigenvalue weighted by Gasteiger charge is 2.21. The van der Waals surface area contributed by atoms with E-state index in [0.717, 1.165) is 44.8 Å². The summed E-state index contributed by atoms with van der Waals surface area (Å²) in [5.74, 6) is -0.402. The molecule has 0 radical (unpaired) electrons. The first-order valence-electron chi connectivity index (χ1n) is 9.19. The Bertz CT molecular complexity index is 1360. The molecular weight excluding hydrogens is 450 g/mol. The van der Waals surface area contributed by atoms with Crippen LogP contribution in [0.5, 0.6) is 0 Å². The highest BCUT2D eigenvalue weighted by Crippen LogP contribution is 2.28. The SMILES string of the molecule is Cc1nc(-c2cccc(NC(=O)c3cn4c5c(cc(Br)cc5c3=O)CC4)c2)cs1. The van der Waals surface area contributed by atoms with Gasteiger partial charge in [-0.1, -0.05) is 28.1 Å².